The summed E-state index contributed by atoms with van der Waals surface area (Å²) >= 11 is 0. The molecule has 2 fully saturated rings. The second-order valence-corrected chi connectivity index (χ2v) is 7.08. The van der Waals surface area contributed by atoms with Crippen molar-refractivity contribution >= 4 is 17.7 Å². The number of hydrogen-bond donors (Lipinski definition) is 2. The third-order valence-electron chi connectivity index (χ3n) is 5.31. The number of piperazine rings is 1. The number of fused-ring (bicyclic) bond motifs is 1. The number of nitrogens with zero attached hydrogens (tertiary/aromatic N) is 2. The number of anilines is 1. The molecular weight excluding hydrogens is 342 g/mol. The van der Waals surface area contributed by atoms with E-state index in [1.165, 1.54) is 0 Å². The summed E-state index contributed by atoms with van der Waals surface area (Å²) in [6, 6.07) is 16.4. The Morgan fingerprint density at radius 3 is 2.37 bits per heavy atom. The molecule has 2 heterocycles. The Bertz CT molecular complexity index is 833. The number of aliphatic carboxylic acids is 1. The molecular formula is C21H23N3O3. The lowest BCUT2D eigenvalue weighted by Gasteiger charge is -2.28. The molecule has 2 aromatic rings. The Morgan fingerprint density at radius 1 is 1.07 bits per heavy atom. The average molecular weight is 365 g/mol. The fourth-order valence-corrected chi connectivity index (χ4v) is 3.78. The van der Waals surface area contributed by atoms with E-state index in [4.69, 9.17) is 5.11 Å². The molecule has 2 saturated heterocycles. The highest BCUT2D eigenvalue weighted by atomic mass is 16.4. The molecule has 1 atom stereocenters. The zero-order valence-corrected chi connectivity index (χ0v) is 15.1. The molecule has 2 aromatic carbocycles. The average Bonchev–Trinajstić information content (AvgIpc) is 3.04. The van der Waals surface area contributed by atoms with Crippen LogP contribution in [0.2, 0.25) is 0 Å². The maximum atomic E-state index is 12.6. The van der Waals surface area contributed by atoms with E-state index >= 15 is 0 Å². The fourth-order valence-electron chi connectivity index (χ4n) is 3.78. The Kier molecular flexibility index (Phi) is 4.81. The highest BCUT2D eigenvalue weighted by Gasteiger charge is 2.38. The van der Waals surface area contributed by atoms with Crippen LogP contribution in [0.25, 0.3) is 11.1 Å². The van der Waals surface area contributed by atoms with Gasteiger partial charge in [-0.25, -0.2) is 4.79 Å². The predicted octanol–water partition coefficient (Wildman–Crippen LogP) is 2.58. The van der Waals surface area contributed by atoms with Crippen LogP contribution in [-0.4, -0.2) is 54.2 Å². The van der Waals surface area contributed by atoms with Gasteiger partial charge in [0.15, 0.2) is 0 Å². The van der Waals surface area contributed by atoms with Crippen molar-refractivity contribution in [3.05, 3.63) is 54.1 Å². The van der Waals surface area contributed by atoms with Crippen molar-refractivity contribution in [2.24, 2.45) is 0 Å². The number of carboxylic acid groups (broad SMARTS) is 1. The maximum Gasteiger partial charge on any atom is 0.324 e. The molecule has 0 saturated carbocycles. The summed E-state index contributed by atoms with van der Waals surface area (Å²) in [6.07, 6.45) is 0.684. The van der Waals surface area contributed by atoms with Gasteiger partial charge in [0.1, 0.15) is 0 Å². The molecule has 0 aromatic heterocycles. The standard InChI is InChI=1S/C21H23N3O3/c25-20(26)10-3-15-1-4-16(5-2-15)17-6-8-18(9-7-17)24-14-19-13-22-11-12-23(19)21(24)27/h1-2,4-9,19,22H,3,10-14H2,(H,25,26)/t19-/m0/s1. The van der Waals surface area contributed by atoms with Gasteiger partial charge in [-0.2, -0.15) is 0 Å². The maximum absolute atomic E-state index is 12.6. The number of carboxylic acids is 1. The number of hydrogen-bond acceptors (Lipinski definition) is 3. The van der Waals surface area contributed by atoms with Crippen LogP contribution in [0.1, 0.15) is 12.0 Å². The van der Waals surface area contributed by atoms with Crippen LogP contribution in [0.4, 0.5) is 10.5 Å². The van der Waals surface area contributed by atoms with Crippen molar-refractivity contribution in [1.29, 1.82) is 0 Å². The number of urea groups is 1. The van der Waals surface area contributed by atoms with Gasteiger partial charge in [-0.3, -0.25) is 9.69 Å². The third kappa shape index (κ3) is 3.66. The first-order valence-corrected chi connectivity index (χ1v) is 9.32. The van der Waals surface area contributed by atoms with Gasteiger partial charge in [-0.1, -0.05) is 36.4 Å². The van der Waals surface area contributed by atoms with E-state index in [-0.39, 0.29) is 18.5 Å². The van der Waals surface area contributed by atoms with E-state index in [0.717, 1.165) is 48.6 Å². The van der Waals surface area contributed by atoms with E-state index in [0.29, 0.717) is 6.42 Å². The number of carbonyl (C=O) groups excluding carboxylic acids is 1. The van der Waals surface area contributed by atoms with Crippen molar-refractivity contribution in [3.8, 4) is 11.1 Å². The number of nitrogens with one attached hydrogen (secondary N) is 1. The number of rotatable bonds is 5. The molecule has 6 heteroatoms. The summed E-state index contributed by atoms with van der Waals surface area (Å²) in [4.78, 5) is 27.1. The zero-order chi connectivity index (χ0) is 18.8. The van der Waals surface area contributed by atoms with Gasteiger partial charge in [0.05, 0.1) is 6.04 Å². The van der Waals surface area contributed by atoms with Gasteiger partial charge in [0.2, 0.25) is 0 Å². The fraction of sp³-hybridized carbons (Fsp3) is 0.333. The number of aryl methyl sites for hydroxylation is 1. The molecule has 0 unspecified atom stereocenters. The van der Waals surface area contributed by atoms with Crippen LogP contribution in [0.15, 0.2) is 48.5 Å². The van der Waals surface area contributed by atoms with Crippen LogP contribution in [0.3, 0.4) is 0 Å². The van der Waals surface area contributed by atoms with Crippen LogP contribution in [-0.2, 0) is 11.2 Å². The minimum Gasteiger partial charge on any atom is -0.481 e. The van der Waals surface area contributed by atoms with E-state index < -0.39 is 5.97 Å². The van der Waals surface area contributed by atoms with Gasteiger partial charge in [-0.05, 0) is 35.2 Å². The summed E-state index contributed by atoms with van der Waals surface area (Å²) in [6.45, 7) is 3.21. The molecule has 0 bridgehead atoms. The van der Waals surface area contributed by atoms with Crippen molar-refractivity contribution in [2.75, 3.05) is 31.1 Å². The second kappa shape index (κ2) is 7.40. The number of amides is 2. The third-order valence-corrected chi connectivity index (χ3v) is 5.31. The summed E-state index contributed by atoms with van der Waals surface area (Å²) in [5, 5.41) is 12.1. The van der Waals surface area contributed by atoms with Crippen LogP contribution in [0.5, 0.6) is 0 Å². The summed E-state index contributed by atoms with van der Waals surface area (Å²) in [5.41, 5.74) is 4.10. The lowest BCUT2D eigenvalue weighted by atomic mass is 10.0. The molecule has 4 rings (SSSR count). The van der Waals surface area contributed by atoms with Gasteiger partial charge in [0.25, 0.3) is 0 Å². The molecule has 2 amide bonds. The Hall–Kier alpha value is -2.86. The summed E-state index contributed by atoms with van der Waals surface area (Å²) < 4.78 is 0. The Labute approximate surface area is 158 Å². The molecule has 2 aliphatic heterocycles. The highest BCUT2D eigenvalue weighted by Crippen LogP contribution is 2.28. The molecule has 2 aliphatic rings. The molecule has 6 nitrogen and oxygen atoms in total. The van der Waals surface area contributed by atoms with E-state index in [2.05, 4.69) is 5.32 Å². The SMILES string of the molecule is O=C(O)CCc1ccc(-c2ccc(N3C[C@@H]4CNCCN4C3=O)cc2)cc1. The first kappa shape index (κ1) is 17.5. The lowest BCUT2D eigenvalue weighted by molar-refractivity contribution is -0.136. The molecule has 27 heavy (non-hydrogen) atoms. The summed E-state index contributed by atoms with van der Waals surface area (Å²) in [7, 11) is 0. The van der Waals surface area contributed by atoms with Crippen LogP contribution < -0.4 is 10.2 Å². The van der Waals surface area contributed by atoms with Crippen molar-refractivity contribution < 1.29 is 14.7 Å². The van der Waals surface area contributed by atoms with Gasteiger partial charge in [-0.15, -0.1) is 0 Å². The first-order valence-electron chi connectivity index (χ1n) is 9.32. The van der Waals surface area contributed by atoms with E-state index in [1.807, 2.05) is 58.3 Å². The largest absolute Gasteiger partial charge is 0.481 e. The number of carbonyl (C=O) groups is 2. The van der Waals surface area contributed by atoms with Crippen molar-refractivity contribution in [2.45, 2.75) is 18.9 Å². The lowest BCUT2D eigenvalue weighted by Crippen LogP contribution is -2.49. The highest BCUT2D eigenvalue weighted by molar-refractivity contribution is 5.95. The summed E-state index contributed by atoms with van der Waals surface area (Å²) in [5.74, 6) is -0.780. The Balaban J connectivity index is 1.46. The van der Waals surface area contributed by atoms with Gasteiger partial charge >= 0.3 is 12.0 Å². The van der Waals surface area contributed by atoms with Gasteiger partial charge < -0.3 is 15.3 Å². The van der Waals surface area contributed by atoms with Crippen LogP contribution in [0, 0.1) is 0 Å². The normalized spacial score (nSPS) is 19.3. The Morgan fingerprint density at radius 2 is 1.74 bits per heavy atom. The minimum absolute atomic E-state index is 0.0945. The predicted molar refractivity (Wildman–Crippen MR) is 104 cm³/mol. The molecule has 2 N–H and O–H groups in total. The topological polar surface area (TPSA) is 72.9 Å². The quantitative estimate of drug-likeness (QED) is 0.854. The molecule has 0 spiro atoms. The molecule has 140 valence electrons. The first-order chi connectivity index (χ1) is 13.1. The zero-order valence-electron chi connectivity index (χ0n) is 15.1. The van der Waals surface area contributed by atoms with E-state index in [1.54, 1.807) is 0 Å². The van der Waals surface area contributed by atoms with Crippen molar-refractivity contribution in [3.63, 3.8) is 0 Å². The second-order valence-electron chi connectivity index (χ2n) is 7.08. The van der Waals surface area contributed by atoms with Gasteiger partial charge in [0, 0.05) is 38.3 Å². The van der Waals surface area contributed by atoms with Crippen molar-refractivity contribution in [1.82, 2.24) is 10.2 Å². The van der Waals surface area contributed by atoms with E-state index in [9.17, 15) is 9.59 Å². The van der Waals surface area contributed by atoms with Crippen LogP contribution >= 0.6 is 0 Å². The smallest absolute Gasteiger partial charge is 0.324 e. The monoisotopic (exact) mass is 365 g/mol. The number of benzene rings is 2. The molecule has 0 radical (unpaired) electrons. The minimum atomic E-state index is -0.780. The molecule has 0 aliphatic carbocycles.